The Kier molecular flexibility index (Phi) is 9.14. The lowest BCUT2D eigenvalue weighted by Gasteiger charge is -2.34. The molecule has 0 amide bonds. The van der Waals surface area contributed by atoms with Crippen LogP contribution in [0.5, 0.6) is 5.75 Å². The minimum Gasteiger partial charge on any atom is -0.497 e. The third-order valence-corrected chi connectivity index (χ3v) is 7.04. The highest BCUT2D eigenvalue weighted by Gasteiger charge is 2.36. The van der Waals surface area contributed by atoms with Gasteiger partial charge in [0, 0.05) is 19.4 Å². The molecule has 0 radical (unpaired) electrons. The van der Waals surface area contributed by atoms with E-state index < -0.39 is 23.1 Å². The molecule has 0 bridgehead atoms. The molecule has 2 N–H and O–H groups in total. The molecule has 8 nitrogen and oxygen atoms in total. The molecule has 2 heterocycles. The first kappa shape index (κ1) is 28.0. The minimum absolute atomic E-state index is 0.0598. The molecule has 3 aromatic carbocycles. The van der Waals surface area contributed by atoms with E-state index in [-0.39, 0.29) is 18.6 Å². The van der Waals surface area contributed by atoms with E-state index in [4.69, 9.17) is 19.3 Å². The van der Waals surface area contributed by atoms with Gasteiger partial charge >= 0.3 is 5.69 Å². The molecule has 3 unspecified atom stereocenters. The quantitative estimate of drug-likeness (QED) is 0.349. The van der Waals surface area contributed by atoms with Crippen LogP contribution in [-0.4, -0.2) is 41.6 Å². The number of rotatable bonds is 7. The average molecular weight is 531 g/mol. The summed E-state index contributed by atoms with van der Waals surface area (Å²) in [6, 6.07) is 29.9. The van der Waals surface area contributed by atoms with Gasteiger partial charge in [0.15, 0.2) is 0 Å². The molecule has 0 spiro atoms. The van der Waals surface area contributed by atoms with E-state index in [0.29, 0.717) is 6.42 Å². The van der Waals surface area contributed by atoms with Crippen molar-refractivity contribution in [2.45, 2.75) is 31.3 Å². The van der Waals surface area contributed by atoms with Gasteiger partial charge in [-0.15, -0.1) is 0 Å². The van der Waals surface area contributed by atoms with Gasteiger partial charge < -0.3 is 19.3 Å². The topological polar surface area (TPSA) is 103 Å². The molecule has 204 valence electrons. The molecule has 3 atom stereocenters. The maximum absolute atomic E-state index is 11.5. The van der Waals surface area contributed by atoms with Crippen molar-refractivity contribution in [3.8, 4) is 5.75 Å². The van der Waals surface area contributed by atoms with Gasteiger partial charge in [0.2, 0.25) is 0 Å². The highest BCUT2D eigenvalue weighted by molar-refractivity contribution is 5.48. The summed E-state index contributed by atoms with van der Waals surface area (Å²) < 4.78 is 18.3. The van der Waals surface area contributed by atoms with Gasteiger partial charge in [-0.25, -0.2) is 4.79 Å². The molecule has 1 fully saturated rings. The number of aromatic amines is 1. The van der Waals surface area contributed by atoms with Crippen LogP contribution in [0, 0.1) is 5.92 Å². The first-order chi connectivity index (χ1) is 18.9. The van der Waals surface area contributed by atoms with Crippen LogP contribution in [0.15, 0.2) is 107 Å². The van der Waals surface area contributed by atoms with Crippen molar-refractivity contribution in [2.75, 3.05) is 20.8 Å². The van der Waals surface area contributed by atoms with Crippen LogP contribution < -0.4 is 16.0 Å². The molecule has 39 heavy (non-hydrogen) atoms. The Morgan fingerprint density at radius 3 is 1.92 bits per heavy atom. The molecular weight excluding hydrogens is 496 g/mol. The second kappa shape index (κ2) is 12.7. The zero-order chi connectivity index (χ0) is 27.8. The standard InChI is InChI=1S/C21H20O2.C10H14N2O4/c1-22-20-15-13-19(14-16-20)21(23-2,17-9-5-3-6-10-17)18-11-7-4-8-12-18;1-6-4-9(16-7(6)5-13)12-3-2-8(14)11-10(12)15/h3-16H,1-2H3;2-3,6-7,9,13H,4-5H2,1H3,(H,11,14,15). The largest absolute Gasteiger partial charge is 0.497 e. The van der Waals surface area contributed by atoms with Crippen molar-refractivity contribution in [2.24, 2.45) is 5.92 Å². The average Bonchev–Trinajstić information content (AvgIpc) is 3.35. The van der Waals surface area contributed by atoms with Crippen LogP contribution in [-0.2, 0) is 15.1 Å². The number of H-pyrrole nitrogens is 1. The molecule has 4 aromatic rings. The lowest BCUT2D eigenvalue weighted by Crippen LogP contribution is -2.31. The third kappa shape index (κ3) is 6.04. The van der Waals surface area contributed by atoms with Gasteiger partial charge in [0.25, 0.3) is 5.56 Å². The summed E-state index contributed by atoms with van der Waals surface area (Å²) in [6.07, 6.45) is 1.41. The van der Waals surface area contributed by atoms with Crippen LogP contribution in [0.25, 0.3) is 0 Å². The second-order valence-electron chi connectivity index (χ2n) is 9.39. The Bertz CT molecular complexity index is 1390. The molecule has 5 rings (SSSR count). The maximum Gasteiger partial charge on any atom is 0.330 e. The zero-order valence-corrected chi connectivity index (χ0v) is 22.3. The van der Waals surface area contributed by atoms with Gasteiger partial charge in [-0.2, -0.15) is 0 Å². The first-order valence-corrected chi connectivity index (χ1v) is 12.8. The van der Waals surface area contributed by atoms with Gasteiger partial charge in [0.05, 0.1) is 19.8 Å². The lowest BCUT2D eigenvalue weighted by molar-refractivity contribution is -0.0313. The Hall–Kier alpha value is -3.98. The van der Waals surface area contributed by atoms with Crippen molar-refractivity contribution >= 4 is 0 Å². The summed E-state index contributed by atoms with van der Waals surface area (Å²) in [4.78, 5) is 24.6. The van der Waals surface area contributed by atoms with E-state index in [2.05, 4.69) is 41.4 Å². The highest BCUT2D eigenvalue weighted by atomic mass is 16.5. The Morgan fingerprint density at radius 2 is 1.46 bits per heavy atom. The predicted molar refractivity (Wildman–Crippen MR) is 149 cm³/mol. The third-order valence-electron chi connectivity index (χ3n) is 7.04. The summed E-state index contributed by atoms with van der Waals surface area (Å²) in [5.74, 6) is 1.02. The van der Waals surface area contributed by atoms with E-state index in [0.717, 1.165) is 22.4 Å². The van der Waals surface area contributed by atoms with E-state index in [1.807, 2.05) is 55.5 Å². The van der Waals surface area contributed by atoms with Gasteiger partial charge in [-0.1, -0.05) is 79.7 Å². The Morgan fingerprint density at radius 1 is 0.897 bits per heavy atom. The van der Waals surface area contributed by atoms with Crippen LogP contribution in [0.3, 0.4) is 0 Å². The summed E-state index contributed by atoms with van der Waals surface area (Å²) >= 11 is 0. The van der Waals surface area contributed by atoms with E-state index >= 15 is 0 Å². The number of methoxy groups -OCH3 is 2. The van der Waals surface area contributed by atoms with Crippen molar-refractivity contribution in [1.29, 1.82) is 0 Å². The van der Waals surface area contributed by atoms with Gasteiger partial charge in [0.1, 0.15) is 17.6 Å². The number of benzene rings is 3. The molecule has 1 aliphatic heterocycles. The van der Waals surface area contributed by atoms with Crippen LogP contribution >= 0.6 is 0 Å². The minimum atomic E-state index is -0.644. The molecule has 1 aliphatic rings. The number of aliphatic hydroxyl groups excluding tert-OH is 1. The van der Waals surface area contributed by atoms with Crippen LogP contribution in [0.4, 0.5) is 0 Å². The number of aromatic nitrogens is 2. The number of aliphatic hydroxyl groups is 1. The lowest BCUT2D eigenvalue weighted by atomic mass is 9.80. The number of hydrogen-bond donors (Lipinski definition) is 2. The highest BCUT2D eigenvalue weighted by Crippen LogP contribution is 2.40. The Balaban J connectivity index is 0.000000193. The molecule has 1 saturated heterocycles. The van der Waals surface area contributed by atoms with Crippen molar-refractivity contribution < 1.29 is 19.3 Å². The van der Waals surface area contributed by atoms with E-state index in [9.17, 15) is 9.59 Å². The zero-order valence-electron chi connectivity index (χ0n) is 22.3. The fraction of sp³-hybridized carbons (Fsp3) is 0.290. The van der Waals surface area contributed by atoms with E-state index in [1.165, 1.54) is 16.8 Å². The van der Waals surface area contributed by atoms with Crippen LogP contribution in [0.1, 0.15) is 36.3 Å². The molecule has 1 aromatic heterocycles. The Labute approximate surface area is 227 Å². The first-order valence-electron chi connectivity index (χ1n) is 12.8. The number of nitrogens with zero attached hydrogens (tertiary/aromatic N) is 1. The maximum atomic E-state index is 11.5. The van der Waals surface area contributed by atoms with E-state index in [1.54, 1.807) is 14.2 Å². The fourth-order valence-electron chi connectivity index (χ4n) is 4.94. The van der Waals surface area contributed by atoms with Crippen molar-refractivity contribution in [3.05, 3.63) is 135 Å². The normalized spacial score (nSPS) is 18.7. The summed E-state index contributed by atoms with van der Waals surface area (Å²) in [6.45, 7) is 1.90. The summed E-state index contributed by atoms with van der Waals surface area (Å²) in [7, 11) is 3.43. The number of hydrogen-bond acceptors (Lipinski definition) is 6. The SMILES string of the molecule is CC1CC(n2ccc(=O)[nH]c2=O)OC1CO.COc1ccc(C(OC)(c2ccccc2)c2ccccc2)cc1. The second-order valence-corrected chi connectivity index (χ2v) is 9.39. The van der Waals surface area contributed by atoms with Gasteiger partial charge in [-0.3, -0.25) is 14.3 Å². The number of ether oxygens (including phenoxy) is 3. The smallest absolute Gasteiger partial charge is 0.330 e. The van der Waals surface area contributed by atoms with Crippen LogP contribution in [0.2, 0.25) is 0 Å². The molecule has 0 aliphatic carbocycles. The van der Waals surface area contributed by atoms with Crippen molar-refractivity contribution in [3.63, 3.8) is 0 Å². The van der Waals surface area contributed by atoms with Crippen molar-refractivity contribution in [1.82, 2.24) is 9.55 Å². The monoisotopic (exact) mass is 530 g/mol. The molecular formula is C31H34N2O6. The number of nitrogens with one attached hydrogen (secondary N) is 1. The van der Waals surface area contributed by atoms with Gasteiger partial charge in [-0.05, 0) is 41.2 Å². The summed E-state index contributed by atoms with van der Waals surface area (Å²) in [5.41, 5.74) is 1.71. The summed E-state index contributed by atoms with van der Waals surface area (Å²) in [5, 5.41) is 9.04. The molecule has 0 saturated carbocycles. The molecule has 8 heteroatoms. The fourth-order valence-corrected chi connectivity index (χ4v) is 4.94. The predicted octanol–water partition coefficient (Wildman–Crippen LogP) is 4.09.